The van der Waals surface area contributed by atoms with E-state index in [2.05, 4.69) is 34.5 Å². The Hall–Kier alpha value is -2.25. The Labute approximate surface area is 162 Å². The highest BCUT2D eigenvalue weighted by molar-refractivity contribution is 5.80. The third-order valence-electron chi connectivity index (χ3n) is 4.59. The largest absolute Gasteiger partial charge is 0.444 e. The van der Waals surface area contributed by atoms with Gasteiger partial charge >= 0.3 is 6.09 Å². The van der Waals surface area contributed by atoms with Crippen molar-refractivity contribution in [1.82, 2.24) is 25.3 Å². The maximum absolute atomic E-state index is 12.0. The third-order valence-corrected chi connectivity index (χ3v) is 4.59. The molecule has 1 aliphatic heterocycles. The van der Waals surface area contributed by atoms with E-state index in [9.17, 15) is 4.79 Å². The molecule has 0 spiro atoms. The number of hydrogen-bond acceptors (Lipinski definition) is 4. The molecule has 8 nitrogen and oxygen atoms in total. The highest BCUT2D eigenvalue weighted by atomic mass is 16.6. The minimum absolute atomic E-state index is 0.0607. The summed E-state index contributed by atoms with van der Waals surface area (Å²) in [6.45, 7) is 14.7. The maximum Gasteiger partial charge on any atom is 0.407 e. The molecule has 152 valence electrons. The van der Waals surface area contributed by atoms with Crippen LogP contribution < -0.4 is 10.6 Å². The second-order valence-corrected chi connectivity index (χ2v) is 8.02. The van der Waals surface area contributed by atoms with E-state index in [1.165, 1.54) is 0 Å². The van der Waals surface area contributed by atoms with Crippen molar-refractivity contribution in [2.75, 3.05) is 19.6 Å². The molecule has 1 aromatic rings. The first-order valence-electron chi connectivity index (χ1n) is 9.62. The Balaban J connectivity index is 1.99. The van der Waals surface area contributed by atoms with Gasteiger partial charge in [-0.25, -0.2) is 9.79 Å². The number of nitrogens with one attached hydrogen (secondary N) is 2. The Morgan fingerprint density at radius 3 is 2.63 bits per heavy atom. The van der Waals surface area contributed by atoms with Gasteiger partial charge in [-0.3, -0.25) is 4.68 Å². The van der Waals surface area contributed by atoms with Crippen LogP contribution in [-0.4, -0.2) is 58.0 Å². The standard InChI is InChI=1S/C19H34N6O2/c1-8-20-17(21-11-16-13(2)23-24(7)14(16)3)25-10-9-15(12-25)22-18(26)27-19(4,5)6/h15H,8-12H2,1-7H3,(H,20,21)(H,22,26). The van der Waals surface area contributed by atoms with Crippen molar-refractivity contribution < 1.29 is 9.53 Å². The van der Waals surface area contributed by atoms with Crippen LogP contribution in [0.3, 0.4) is 0 Å². The highest BCUT2D eigenvalue weighted by Gasteiger charge is 2.28. The van der Waals surface area contributed by atoms with Crippen molar-refractivity contribution in [1.29, 1.82) is 0 Å². The van der Waals surface area contributed by atoms with Crippen molar-refractivity contribution in [3.63, 3.8) is 0 Å². The number of alkyl carbamates (subject to hydrolysis) is 1. The SMILES string of the molecule is CCNC(=NCc1c(C)nn(C)c1C)N1CCC(NC(=O)OC(C)(C)C)C1. The monoisotopic (exact) mass is 378 g/mol. The molecule has 1 saturated heterocycles. The molecule has 1 unspecified atom stereocenters. The number of aryl methyl sites for hydroxylation is 2. The number of likely N-dealkylation sites (tertiary alicyclic amines) is 1. The number of nitrogens with zero attached hydrogens (tertiary/aromatic N) is 4. The van der Waals surface area contributed by atoms with Crippen molar-refractivity contribution in [3.05, 3.63) is 17.0 Å². The lowest BCUT2D eigenvalue weighted by Crippen LogP contribution is -2.44. The number of amides is 1. The van der Waals surface area contributed by atoms with E-state index in [-0.39, 0.29) is 12.1 Å². The topological polar surface area (TPSA) is 83.8 Å². The summed E-state index contributed by atoms with van der Waals surface area (Å²) in [5, 5.41) is 10.8. The fourth-order valence-electron chi connectivity index (χ4n) is 3.17. The molecule has 27 heavy (non-hydrogen) atoms. The number of carbonyl (C=O) groups is 1. The highest BCUT2D eigenvalue weighted by Crippen LogP contribution is 2.15. The molecule has 0 bridgehead atoms. The van der Waals surface area contributed by atoms with Gasteiger partial charge in [0.05, 0.1) is 18.3 Å². The van der Waals surface area contributed by atoms with Crippen LogP contribution in [0.1, 0.15) is 51.1 Å². The summed E-state index contributed by atoms with van der Waals surface area (Å²) >= 11 is 0. The average Bonchev–Trinajstić information content (AvgIpc) is 3.08. The van der Waals surface area contributed by atoms with E-state index in [0.717, 1.165) is 49.0 Å². The number of carbonyl (C=O) groups excluding carboxylic acids is 1. The van der Waals surface area contributed by atoms with Gasteiger partial charge in [0.25, 0.3) is 0 Å². The van der Waals surface area contributed by atoms with E-state index in [1.54, 1.807) is 0 Å². The number of rotatable bonds is 4. The first kappa shape index (κ1) is 21.1. The van der Waals surface area contributed by atoms with Crippen LogP contribution in [0.25, 0.3) is 0 Å². The molecule has 0 aromatic carbocycles. The van der Waals surface area contributed by atoms with Crippen LogP contribution in [0.2, 0.25) is 0 Å². The zero-order valence-corrected chi connectivity index (χ0v) is 17.7. The number of aromatic nitrogens is 2. The van der Waals surface area contributed by atoms with Crippen LogP contribution in [0.5, 0.6) is 0 Å². The van der Waals surface area contributed by atoms with Gasteiger partial charge in [0, 0.05) is 37.9 Å². The molecule has 1 aromatic heterocycles. The fourth-order valence-corrected chi connectivity index (χ4v) is 3.17. The summed E-state index contributed by atoms with van der Waals surface area (Å²) in [5.41, 5.74) is 2.83. The Morgan fingerprint density at radius 2 is 2.07 bits per heavy atom. The minimum atomic E-state index is -0.488. The number of hydrogen-bond donors (Lipinski definition) is 2. The lowest BCUT2D eigenvalue weighted by molar-refractivity contribution is 0.0507. The van der Waals surface area contributed by atoms with E-state index < -0.39 is 5.60 Å². The molecular formula is C19H34N6O2. The normalized spacial score (nSPS) is 18.0. The molecule has 8 heteroatoms. The zero-order chi connectivity index (χ0) is 20.2. The predicted octanol–water partition coefficient (Wildman–Crippen LogP) is 2.10. The molecule has 2 heterocycles. The quantitative estimate of drug-likeness (QED) is 0.619. The van der Waals surface area contributed by atoms with Gasteiger partial charge in [-0.05, 0) is 48.0 Å². The average molecular weight is 379 g/mol. The van der Waals surface area contributed by atoms with E-state index >= 15 is 0 Å². The first-order valence-corrected chi connectivity index (χ1v) is 9.62. The first-order chi connectivity index (χ1) is 12.6. The molecule has 1 atom stereocenters. The molecule has 1 fully saturated rings. The predicted molar refractivity (Wildman–Crippen MR) is 107 cm³/mol. The van der Waals surface area contributed by atoms with Crippen LogP contribution in [0.15, 0.2) is 4.99 Å². The second kappa shape index (κ2) is 8.63. The van der Waals surface area contributed by atoms with Crippen molar-refractivity contribution in [2.24, 2.45) is 12.0 Å². The van der Waals surface area contributed by atoms with Crippen LogP contribution in [0.4, 0.5) is 4.79 Å². The molecule has 0 aliphatic carbocycles. The van der Waals surface area contributed by atoms with E-state index in [1.807, 2.05) is 39.4 Å². The number of guanidine groups is 1. The van der Waals surface area contributed by atoms with Gasteiger partial charge in [-0.15, -0.1) is 0 Å². The fraction of sp³-hybridized carbons (Fsp3) is 0.737. The maximum atomic E-state index is 12.0. The zero-order valence-electron chi connectivity index (χ0n) is 17.7. The van der Waals surface area contributed by atoms with E-state index in [4.69, 9.17) is 9.73 Å². The Kier molecular flexibility index (Phi) is 6.73. The van der Waals surface area contributed by atoms with Crippen molar-refractivity contribution in [3.8, 4) is 0 Å². The summed E-state index contributed by atoms with van der Waals surface area (Å²) in [4.78, 5) is 19.0. The van der Waals surface area contributed by atoms with Crippen LogP contribution >= 0.6 is 0 Å². The van der Waals surface area contributed by atoms with Gasteiger partial charge < -0.3 is 20.3 Å². The van der Waals surface area contributed by atoms with Crippen molar-refractivity contribution in [2.45, 2.75) is 66.2 Å². The summed E-state index contributed by atoms with van der Waals surface area (Å²) in [7, 11) is 1.95. The molecule has 0 saturated carbocycles. The molecule has 2 N–H and O–H groups in total. The van der Waals surface area contributed by atoms with Gasteiger partial charge in [-0.2, -0.15) is 5.10 Å². The lowest BCUT2D eigenvalue weighted by Gasteiger charge is -2.23. The summed E-state index contributed by atoms with van der Waals surface area (Å²) in [6.07, 6.45) is 0.507. The number of ether oxygens (including phenoxy) is 1. The van der Waals surface area contributed by atoms with Gasteiger partial charge in [-0.1, -0.05) is 0 Å². The third kappa shape index (κ3) is 5.87. The summed E-state index contributed by atoms with van der Waals surface area (Å²) in [6, 6.07) is 0.0607. The van der Waals surface area contributed by atoms with Crippen molar-refractivity contribution >= 4 is 12.1 Å². The number of aliphatic imine (C=N–C) groups is 1. The van der Waals surface area contributed by atoms with Gasteiger partial charge in [0.2, 0.25) is 0 Å². The Bertz CT molecular complexity index is 689. The smallest absolute Gasteiger partial charge is 0.407 e. The molecule has 1 amide bonds. The van der Waals surface area contributed by atoms with Crippen LogP contribution in [-0.2, 0) is 18.3 Å². The van der Waals surface area contributed by atoms with Crippen LogP contribution in [0, 0.1) is 13.8 Å². The van der Waals surface area contributed by atoms with Gasteiger partial charge in [0.15, 0.2) is 5.96 Å². The molecule has 2 rings (SSSR count). The second-order valence-electron chi connectivity index (χ2n) is 8.02. The molecule has 0 radical (unpaired) electrons. The molecule has 1 aliphatic rings. The Morgan fingerprint density at radius 1 is 1.37 bits per heavy atom. The molecular weight excluding hydrogens is 344 g/mol. The summed E-state index contributed by atoms with van der Waals surface area (Å²) < 4.78 is 7.25. The van der Waals surface area contributed by atoms with Gasteiger partial charge in [0.1, 0.15) is 5.60 Å². The minimum Gasteiger partial charge on any atom is -0.444 e. The lowest BCUT2D eigenvalue weighted by atomic mass is 10.2. The van der Waals surface area contributed by atoms with E-state index in [0.29, 0.717) is 6.54 Å². The summed E-state index contributed by atoms with van der Waals surface area (Å²) in [5.74, 6) is 0.869.